The van der Waals surface area contributed by atoms with Gasteiger partial charge in [-0.25, -0.2) is 0 Å². The number of hydrogen-bond donors (Lipinski definition) is 0. The molecule has 0 N–H and O–H groups in total. The van der Waals surface area contributed by atoms with Crippen LogP contribution in [-0.4, -0.2) is 16.8 Å². The molecular formula is C15H21NO. The van der Waals surface area contributed by atoms with Crippen LogP contribution in [0.4, 0.5) is 0 Å². The van der Waals surface area contributed by atoms with E-state index in [0.29, 0.717) is 5.92 Å². The number of amides is 1. The van der Waals surface area contributed by atoms with E-state index >= 15 is 0 Å². The SMILES string of the molecule is C=CC(=O)N1/C(=C/C=C\C)C(=C)CC1C(C)C. The van der Waals surface area contributed by atoms with Crippen molar-refractivity contribution in [3.05, 3.63) is 48.7 Å². The van der Waals surface area contributed by atoms with Crippen molar-refractivity contribution in [2.45, 2.75) is 33.2 Å². The second kappa shape index (κ2) is 5.67. The fraction of sp³-hybridized carbons (Fsp3) is 0.400. The fourth-order valence-electron chi connectivity index (χ4n) is 2.10. The van der Waals surface area contributed by atoms with E-state index in [4.69, 9.17) is 0 Å². The van der Waals surface area contributed by atoms with Gasteiger partial charge in [0.2, 0.25) is 0 Å². The second-order valence-electron chi connectivity index (χ2n) is 4.61. The molecule has 1 saturated heterocycles. The Morgan fingerprint density at radius 2 is 2.18 bits per heavy atom. The quantitative estimate of drug-likeness (QED) is 0.681. The predicted molar refractivity (Wildman–Crippen MR) is 72.3 cm³/mol. The summed E-state index contributed by atoms with van der Waals surface area (Å²) in [7, 11) is 0. The number of nitrogens with zero attached hydrogens (tertiary/aromatic N) is 1. The lowest BCUT2D eigenvalue weighted by Gasteiger charge is -2.27. The van der Waals surface area contributed by atoms with E-state index in [2.05, 4.69) is 27.0 Å². The third kappa shape index (κ3) is 2.76. The van der Waals surface area contributed by atoms with Crippen LogP contribution < -0.4 is 0 Å². The van der Waals surface area contributed by atoms with Crippen LogP contribution in [0, 0.1) is 5.92 Å². The number of rotatable bonds is 3. The monoisotopic (exact) mass is 231 g/mol. The minimum Gasteiger partial charge on any atom is -0.305 e. The molecule has 1 aliphatic rings. The molecule has 2 nitrogen and oxygen atoms in total. The van der Waals surface area contributed by atoms with Gasteiger partial charge in [0.15, 0.2) is 0 Å². The molecule has 0 aromatic heterocycles. The first-order valence-corrected chi connectivity index (χ1v) is 5.99. The maximum Gasteiger partial charge on any atom is 0.250 e. The standard InChI is InChI=1S/C15H21NO/c1-6-8-9-13-12(5)10-14(11(3)4)16(13)15(17)7-2/h6-9,11,14H,2,5,10H2,1,3-4H3/b8-6-,13-9+. The van der Waals surface area contributed by atoms with E-state index < -0.39 is 0 Å². The van der Waals surface area contributed by atoms with Gasteiger partial charge in [-0.1, -0.05) is 39.2 Å². The molecule has 1 atom stereocenters. The average molecular weight is 231 g/mol. The van der Waals surface area contributed by atoms with Crippen molar-refractivity contribution in [3.8, 4) is 0 Å². The van der Waals surface area contributed by atoms with E-state index in [-0.39, 0.29) is 11.9 Å². The Labute approximate surface area is 104 Å². The highest BCUT2D eigenvalue weighted by Crippen LogP contribution is 2.35. The summed E-state index contributed by atoms with van der Waals surface area (Å²) in [5.41, 5.74) is 1.95. The Kier molecular flexibility index (Phi) is 4.50. The summed E-state index contributed by atoms with van der Waals surface area (Å²) in [5.74, 6) is 0.366. The van der Waals surface area contributed by atoms with E-state index in [9.17, 15) is 4.79 Å². The van der Waals surface area contributed by atoms with Crippen LogP contribution in [0.5, 0.6) is 0 Å². The summed E-state index contributed by atoms with van der Waals surface area (Å²) in [6, 6.07) is 0.199. The van der Waals surface area contributed by atoms with E-state index in [0.717, 1.165) is 17.7 Å². The lowest BCUT2D eigenvalue weighted by Crippen LogP contribution is -2.36. The van der Waals surface area contributed by atoms with Gasteiger partial charge in [0.25, 0.3) is 5.91 Å². The summed E-state index contributed by atoms with van der Waals surface area (Å²) in [5, 5.41) is 0. The van der Waals surface area contributed by atoms with Gasteiger partial charge in [-0.3, -0.25) is 4.79 Å². The molecule has 0 spiro atoms. The van der Waals surface area contributed by atoms with E-state index in [1.54, 1.807) is 0 Å². The molecular weight excluding hydrogens is 210 g/mol. The average Bonchev–Trinajstić information content (AvgIpc) is 2.63. The molecule has 1 fully saturated rings. The first-order chi connectivity index (χ1) is 8.02. The van der Waals surface area contributed by atoms with Gasteiger partial charge in [0.1, 0.15) is 0 Å². The molecule has 92 valence electrons. The number of allylic oxidation sites excluding steroid dienone is 4. The number of likely N-dealkylation sites (tertiary alicyclic amines) is 1. The smallest absolute Gasteiger partial charge is 0.250 e. The van der Waals surface area contributed by atoms with Crippen molar-refractivity contribution in [2.24, 2.45) is 5.92 Å². The first-order valence-electron chi connectivity index (χ1n) is 5.99. The van der Waals surface area contributed by atoms with E-state index in [1.165, 1.54) is 6.08 Å². The molecule has 0 saturated carbocycles. The van der Waals surface area contributed by atoms with Crippen molar-refractivity contribution in [2.75, 3.05) is 0 Å². The third-order valence-electron chi connectivity index (χ3n) is 3.04. The maximum atomic E-state index is 11.9. The highest BCUT2D eigenvalue weighted by molar-refractivity contribution is 5.90. The fourth-order valence-corrected chi connectivity index (χ4v) is 2.10. The van der Waals surface area contributed by atoms with Crippen molar-refractivity contribution >= 4 is 5.91 Å². The normalized spacial score (nSPS) is 23.1. The van der Waals surface area contributed by atoms with Gasteiger partial charge in [-0.2, -0.15) is 0 Å². The van der Waals surface area contributed by atoms with Gasteiger partial charge in [0, 0.05) is 11.7 Å². The summed E-state index contributed by atoms with van der Waals surface area (Å²) < 4.78 is 0. The Bertz CT molecular complexity index is 388. The topological polar surface area (TPSA) is 20.3 Å². The van der Waals surface area contributed by atoms with Crippen LogP contribution in [0.3, 0.4) is 0 Å². The van der Waals surface area contributed by atoms with Crippen LogP contribution in [0.25, 0.3) is 0 Å². The zero-order valence-electron chi connectivity index (χ0n) is 10.9. The van der Waals surface area contributed by atoms with Gasteiger partial charge < -0.3 is 4.90 Å². The van der Waals surface area contributed by atoms with Crippen molar-refractivity contribution in [1.29, 1.82) is 0 Å². The van der Waals surface area contributed by atoms with Crippen molar-refractivity contribution < 1.29 is 4.79 Å². The molecule has 17 heavy (non-hydrogen) atoms. The number of carbonyl (C=O) groups is 1. The summed E-state index contributed by atoms with van der Waals surface area (Å²) in [4.78, 5) is 13.8. The predicted octanol–water partition coefficient (Wildman–Crippen LogP) is 3.45. The first kappa shape index (κ1) is 13.5. The molecule has 0 aliphatic carbocycles. The maximum absolute atomic E-state index is 11.9. The zero-order chi connectivity index (χ0) is 13.0. The molecule has 0 radical (unpaired) electrons. The van der Waals surface area contributed by atoms with Crippen molar-refractivity contribution in [3.63, 3.8) is 0 Å². The molecule has 1 rings (SSSR count). The largest absolute Gasteiger partial charge is 0.305 e. The molecule has 2 heteroatoms. The van der Waals surface area contributed by atoms with Gasteiger partial charge in [-0.05, 0) is 37.0 Å². The molecule has 1 heterocycles. The number of hydrogen-bond acceptors (Lipinski definition) is 1. The van der Waals surface area contributed by atoms with Crippen LogP contribution in [0.15, 0.2) is 48.7 Å². The molecule has 1 amide bonds. The Hall–Kier alpha value is -1.57. The minimum absolute atomic E-state index is 0.0434. The van der Waals surface area contributed by atoms with E-state index in [1.807, 2.05) is 30.1 Å². The minimum atomic E-state index is -0.0434. The molecule has 0 aromatic carbocycles. The number of carbonyl (C=O) groups excluding carboxylic acids is 1. The van der Waals surface area contributed by atoms with Gasteiger partial charge in [-0.15, -0.1) is 0 Å². The molecule has 1 unspecified atom stereocenters. The lowest BCUT2D eigenvalue weighted by atomic mass is 10.0. The second-order valence-corrected chi connectivity index (χ2v) is 4.61. The van der Waals surface area contributed by atoms with Crippen molar-refractivity contribution in [1.82, 2.24) is 4.90 Å². The zero-order valence-corrected chi connectivity index (χ0v) is 10.9. The highest BCUT2D eigenvalue weighted by Gasteiger charge is 2.35. The summed E-state index contributed by atoms with van der Waals surface area (Å²) >= 11 is 0. The highest BCUT2D eigenvalue weighted by atomic mass is 16.2. The molecule has 1 aliphatic heterocycles. The molecule has 0 aromatic rings. The van der Waals surface area contributed by atoms with Crippen LogP contribution in [0.1, 0.15) is 27.2 Å². The lowest BCUT2D eigenvalue weighted by molar-refractivity contribution is -0.125. The summed E-state index contributed by atoms with van der Waals surface area (Å²) in [6.45, 7) is 13.8. The molecule has 0 bridgehead atoms. The third-order valence-corrected chi connectivity index (χ3v) is 3.04. The van der Waals surface area contributed by atoms with Gasteiger partial charge in [0.05, 0.1) is 0 Å². The van der Waals surface area contributed by atoms with Crippen LogP contribution >= 0.6 is 0 Å². The van der Waals surface area contributed by atoms with Gasteiger partial charge >= 0.3 is 0 Å². The Balaban J connectivity index is 3.14. The Morgan fingerprint density at radius 3 is 2.65 bits per heavy atom. The van der Waals surface area contributed by atoms with Crippen LogP contribution in [-0.2, 0) is 4.79 Å². The summed E-state index contributed by atoms with van der Waals surface area (Å²) in [6.07, 6.45) is 8.05. The van der Waals surface area contributed by atoms with Crippen LogP contribution in [0.2, 0.25) is 0 Å². The Morgan fingerprint density at radius 1 is 1.53 bits per heavy atom.